The Hall–Kier alpha value is -2.23. The second-order valence-electron chi connectivity index (χ2n) is 9.52. The number of nitrogens with one attached hydrogen (secondary N) is 3. The van der Waals surface area contributed by atoms with Gasteiger partial charge in [0.05, 0.1) is 0 Å². The van der Waals surface area contributed by atoms with E-state index < -0.39 is 17.3 Å². The second kappa shape index (κ2) is 12.6. The molecule has 1 aliphatic rings. The zero-order chi connectivity index (χ0) is 23.5. The van der Waals surface area contributed by atoms with E-state index in [0.717, 1.165) is 38.6 Å². The van der Waals surface area contributed by atoms with Crippen LogP contribution in [0, 0.1) is 0 Å². The highest BCUT2D eigenvalue weighted by molar-refractivity contribution is 5.79. The predicted octanol–water partition coefficient (Wildman–Crippen LogP) is 1.62. The summed E-state index contributed by atoms with van der Waals surface area (Å²) in [5, 5.41) is 9.26. The number of hydrogen-bond donors (Lipinski definition) is 3. The van der Waals surface area contributed by atoms with Gasteiger partial charge in [-0.3, -0.25) is 9.89 Å². The van der Waals surface area contributed by atoms with Crippen molar-refractivity contribution in [1.82, 2.24) is 25.8 Å². The van der Waals surface area contributed by atoms with Gasteiger partial charge in [0.15, 0.2) is 5.96 Å². The lowest BCUT2D eigenvalue weighted by Gasteiger charge is -2.35. The molecule has 1 saturated heterocycles. The van der Waals surface area contributed by atoms with Gasteiger partial charge in [-0.25, -0.2) is 9.59 Å². The lowest BCUT2D eigenvalue weighted by molar-refractivity contribution is 0.0147. The molecule has 10 heteroatoms. The van der Waals surface area contributed by atoms with Crippen LogP contribution in [-0.2, 0) is 9.47 Å². The van der Waals surface area contributed by atoms with Crippen LogP contribution in [0.4, 0.5) is 9.59 Å². The highest BCUT2D eigenvalue weighted by Crippen LogP contribution is 2.11. The maximum atomic E-state index is 12.1. The molecule has 0 aliphatic carbocycles. The van der Waals surface area contributed by atoms with Gasteiger partial charge in [-0.05, 0) is 48.0 Å². The lowest BCUT2D eigenvalue weighted by atomic mass is 10.2. The van der Waals surface area contributed by atoms with Crippen molar-refractivity contribution >= 4 is 18.1 Å². The molecule has 2 amide bonds. The van der Waals surface area contributed by atoms with Crippen LogP contribution in [0.2, 0.25) is 0 Å². The van der Waals surface area contributed by atoms with E-state index in [-0.39, 0.29) is 6.09 Å². The molecule has 3 N–H and O–H groups in total. The Morgan fingerprint density at radius 1 is 0.839 bits per heavy atom. The fourth-order valence-electron chi connectivity index (χ4n) is 2.83. The van der Waals surface area contributed by atoms with Crippen LogP contribution in [0.3, 0.4) is 0 Å². The van der Waals surface area contributed by atoms with E-state index in [1.807, 2.05) is 41.5 Å². The van der Waals surface area contributed by atoms with E-state index in [1.54, 1.807) is 11.9 Å². The first-order valence-corrected chi connectivity index (χ1v) is 11.0. The average Bonchev–Trinajstić information content (AvgIpc) is 2.64. The highest BCUT2D eigenvalue weighted by Gasteiger charge is 2.25. The van der Waals surface area contributed by atoms with E-state index in [4.69, 9.17) is 9.47 Å². The molecule has 0 radical (unpaired) electrons. The first kappa shape index (κ1) is 26.8. The topological polar surface area (TPSA) is 108 Å². The summed E-state index contributed by atoms with van der Waals surface area (Å²) >= 11 is 0. The number of carbonyl (C=O) groups excluding carboxylic acids is 2. The summed E-state index contributed by atoms with van der Waals surface area (Å²) < 4.78 is 10.6. The smallest absolute Gasteiger partial charge is 0.410 e. The maximum absolute atomic E-state index is 12.1. The van der Waals surface area contributed by atoms with Gasteiger partial charge in [0.2, 0.25) is 0 Å². The first-order valence-electron chi connectivity index (χ1n) is 11.0. The minimum atomic E-state index is -0.489. The number of alkyl carbamates (subject to hydrolysis) is 1. The largest absolute Gasteiger partial charge is 0.444 e. The molecule has 0 spiro atoms. The van der Waals surface area contributed by atoms with Gasteiger partial charge in [0, 0.05) is 59.4 Å². The Balaban J connectivity index is 2.14. The molecule has 0 aromatic rings. The van der Waals surface area contributed by atoms with Gasteiger partial charge < -0.3 is 30.3 Å². The van der Waals surface area contributed by atoms with Crippen LogP contribution >= 0.6 is 0 Å². The van der Waals surface area contributed by atoms with Gasteiger partial charge in [-0.1, -0.05) is 0 Å². The molecule has 10 nitrogen and oxygen atoms in total. The summed E-state index contributed by atoms with van der Waals surface area (Å²) in [6.07, 6.45) is 0.116. The SMILES string of the molecule is CN=C(NCCCNC(=O)OC(C)(C)C)NCCN1CCN(C(=O)OC(C)(C)C)CC1. The van der Waals surface area contributed by atoms with E-state index in [2.05, 4.69) is 25.8 Å². The Kier molecular flexibility index (Phi) is 10.9. The summed E-state index contributed by atoms with van der Waals surface area (Å²) in [7, 11) is 1.73. The second-order valence-corrected chi connectivity index (χ2v) is 9.52. The summed E-state index contributed by atoms with van der Waals surface area (Å²) in [6, 6.07) is 0. The van der Waals surface area contributed by atoms with Crippen molar-refractivity contribution in [2.75, 3.05) is 59.4 Å². The Morgan fingerprint density at radius 3 is 1.94 bits per heavy atom. The first-order chi connectivity index (χ1) is 14.4. The normalized spacial score (nSPS) is 16.0. The van der Waals surface area contributed by atoms with Crippen molar-refractivity contribution in [3.63, 3.8) is 0 Å². The molecule has 0 atom stereocenters. The van der Waals surface area contributed by atoms with Crippen LogP contribution in [0.5, 0.6) is 0 Å². The van der Waals surface area contributed by atoms with Crippen LogP contribution in [0.1, 0.15) is 48.0 Å². The minimum absolute atomic E-state index is 0.240. The van der Waals surface area contributed by atoms with Crippen molar-refractivity contribution in [2.45, 2.75) is 59.2 Å². The number of nitrogens with zero attached hydrogens (tertiary/aromatic N) is 3. The number of ether oxygens (including phenoxy) is 2. The van der Waals surface area contributed by atoms with Crippen molar-refractivity contribution in [3.05, 3.63) is 0 Å². The van der Waals surface area contributed by atoms with Crippen LogP contribution in [-0.4, -0.2) is 98.6 Å². The predicted molar refractivity (Wildman–Crippen MR) is 122 cm³/mol. The zero-order valence-corrected chi connectivity index (χ0v) is 20.3. The van der Waals surface area contributed by atoms with E-state index in [9.17, 15) is 9.59 Å². The molecule has 180 valence electrons. The number of carbonyl (C=O) groups is 2. The number of piperazine rings is 1. The molecule has 1 aliphatic heterocycles. The number of guanidine groups is 1. The molecule has 0 bridgehead atoms. The van der Waals surface area contributed by atoms with E-state index in [1.165, 1.54) is 0 Å². The van der Waals surface area contributed by atoms with Crippen molar-refractivity contribution in [3.8, 4) is 0 Å². The fourth-order valence-corrected chi connectivity index (χ4v) is 2.83. The third kappa shape index (κ3) is 12.9. The average molecular weight is 443 g/mol. The molecule has 1 fully saturated rings. The fraction of sp³-hybridized carbons (Fsp3) is 0.857. The quantitative estimate of drug-likeness (QED) is 0.312. The molecule has 0 aromatic heterocycles. The van der Waals surface area contributed by atoms with Crippen LogP contribution in [0.15, 0.2) is 4.99 Å². The highest BCUT2D eigenvalue weighted by atomic mass is 16.6. The van der Waals surface area contributed by atoms with Gasteiger partial charge in [0.25, 0.3) is 0 Å². The van der Waals surface area contributed by atoms with Gasteiger partial charge in [0.1, 0.15) is 11.2 Å². The monoisotopic (exact) mass is 442 g/mol. The Bertz CT molecular complexity index is 590. The molecule has 0 saturated carbocycles. The lowest BCUT2D eigenvalue weighted by Crippen LogP contribution is -2.51. The number of aliphatic imine (C=N–C) groups is 1. The maximum Gasteiger partial charge on any atom is 0.410 e. The third-order valence-electron chi connectivity index (χ3n) is 4.28. The number of hydrogen-bond acceptors (Lipinski definition) is 6. The minimum Gasteiger partial charge on any atom is -0.444 e. The summed E-state index contributed by atoms with van der Waals surface area (Å²) in [5.41, 5.74) is -0.955. The van der Waals surface area contributed by atoms with E-state index in [0.29, 0.717) is 26.2 Å². The number of rotatable bonds is 7. The van der Waals surface area contributed by atoms with Crippen molar-refractivity contribution in [2.24, 2.45) is 4.99 Å². The van der Waals surface area contributed by atoms with E-state index >= 15 is 0 Å². The standard InChI is InChI=1S/C21H42N6O4/c1-20(2,3)30-18(28)25-10-8-9-23-17(22-7)24-11-12-26-13-15-27(16-14-26)19(29)31-21(4,5)6/h8-16H2,1-7H3,(H,25,28)(H2,22,23,24). The molecular formula is C21H42N6O4. The molecule has 0 unspecified atom stereocenters. The molecule has 31 heavy (non-hydrogen) atoms. The van der Waals surface area contributed by atoms with Gasteiger partial charge in [-0.2, -0.15) is 0 Å². The Labute approximate surface area is 187 Å². The molecular weight excluding hydrogens is 400 g/mol. The molecule has 0 aromatic carbocycles. The summed E-state index contributed by atoms with van der Waals surface area (Å²) in [5.74, 6) is 0.727. The summed E-state index contributed by atoms with van der Waals surface area (Å²) in [6.45, 7) is 17.0. The van der Waals surface area contributed by atoms with Crippen molar-refractivity contribution < 1.29 is 19.1 Å². The molecule has 1 heterocycles. The number of amides is 2. The Morgan fingerprint density at radius 2 is 1.39 bits per heavy atom. The van der Waals surface area contributed by atoms with Crippen molar-refractivity contribution in [1.29, 1.82) is 0 Å². The summed E-state index contributed by atoms with van der Waals surface area (Å²) in [4.78, 5) is 32.0. The van der Waals surface area contributed by atoms with Crippen LogP contribution < -0.4 is 16.0 Å². The van der Waals surface area contributed by atoms with Crippen LogP contribution in [0.25, 0.3) is 0 Å². The van der Waals surface area contributed by atoms with Gasteiger partial charge >= 0.3 is 12.2 Å². The third-order valence-corrected chi connectivity index (χ3v) is 4.28. The van der Waals surface area contributed by atoms with Gasteiger partial charge in [-0.15, -0.1) is 0 Å². The molecule has 1 rings (SSSR count). The zero-order valence-electron chi connectivity index (χ0n) is 20.3.